The molecule has 4 aromatic heterocycles. The minimum absolute atomic E-state index is 0.000647. The first kappa shape index (κ1) is 28.9. The van der Waals surface area contributed by atoms with Crippen molar-refractivity contribution < 1.29 is 4.42 Å². The maximum absolute atomic E-state index is 13.1. The number of thiophene rings is 1. The van der Waals surface area contributed by atoms with Gasteiger partial charge in [-0.1, -0.05) is 109 Å². The van der Waals surface area contributed by atoms with E-state index in [0.717, 1.165) is 16.7 Å². The Bertz CT molecular complexity index is 3550. The summed E-state index contributed by atoms with van der Waals surface area (Å²) in [5.41, 5.74) is 11.9. The number of benzene rings is 8. The molecule has 0 radical (unpaired) electrons. The van der Waals surface area contributed by atoms with Crippen molar-refractivity contribution in [2.24, 2.45) is 0 Å². The fourth-order valence-electron chi connectivity index (χ4n) is 8.66. The molecule has 0 spiro atoms. The molecule has 3 nitrogen and oxygen atoms in total. The fourth-order valence-corrected chi connectivity index (χ4v) is 9.88. The highest BCUT2D eigenvalue weighted by atomic mass is 32.1. The van der Waals surface area contributed by atoms with Gasteiger partial charge in [0.25, 0.3) is 0 Å². The van der Waals surface area contributed by atoms with E-state index in [2.05, 4.69) is 126 Å². The first-order valence-electron chi connectivity index (χ1n) is 17.9. The first-order valence-corrected chi connectivity index (χ1v) is 18.7. The van der Waals surface area contributed by atoms with Crippen LogP contribution in [0.25, 0.3) is 114 Å². The number of fused-ring (bicyclic) bond motifs is 11. The molecule has 8 aromatic carbocycles. The topological polar surface area (TPSA) is 34.6 Å². The van der Waals surface area contributed by atoms with Crippen molar-refractivity contribution in [1.29, 1.82) is 0 Å². The van der Waals surface area contributed by atoms with E-state index >= 15 is 0 Å². The fraction of sp³-hybridized carbons (Fsp3) is 0. The molecule has 0 saturated carbocycles. The molecule has 0 saturated heterocycles. The molecule has 0 atom stereocenters. The highest BCUT2D eigenvalue weighted by Gasteiger charge is 2.19. The van der Waals surface area contributed by atoms with Crippen molar-refractivity contribution in [3.8, 4) is 33.4 Å². The van der Waals surface area contributed by atoms with Gasteiger partial charge in [0, 0.05) is 41.7 Å². The standard InChI is InChI=1S/C49H27NO2S/c51-48-39-11-2-4-17-44(39)52-45-27-31(18-22-40(45)48)29-9-5-8-28(24-29)30-20-23-46-41(25-30)38-15-6-12-33(49(38)53-46)32-19-21-35-37-14-7-13-36-34-10-1-3-16-42(34)50(47(36)37)43(35)26-32/h1-27H. The van der Waals surface area contributed by atoms with Crippen molar-refractivity contribution in [3.63, 3.8) is 0 Å². The Labute approximate surface area is 306 Å². The van der Waals surface area contributed by atoms with Gasteiger partial charge in [0.15, 0.2) is 0 Å². The van der Waals surface area contributed by atoms with Crippen LogP contribution in [0.2, 0.25) is 0 Å². The molecule has 12 aromatic rings. The summed E-state index contributed by atoms with van der Waals surface area (Å²) >= 11 is 1.87. The van der Waals surface area contributed by atoms with Crippen molar-refractivity contribution in [1.82, 2.24) is 4.40 Å². The summed E-state index contributed by atoms with van der Waals surface area (Å²) in [6.45, 7) is 0. The monoisotopic (exact) mass is 693 g/mol. The molecule has 0 fully saturated rings. The molecule has 0 aliphatic carbocycles. The van der Waals surface area contributed by atoms with Crippen LogP contribution < -0.4 is 5.43 Å². The van der Waals surface area contributed by atoms with Crippen molar-refractivity contribution >= 4 is 91.5 Å². The summed E-state index contributed by atoms with van der Waals surface area (Å²) in [7, 11) is 0. The summed E-state index contributed by atoms with van der Waals surface area (Å²) in [5, 5.41) is 8.94. The van der Waals surface area contributed by atoms with Crippen LogP contribution in [0.4, 0.5) is 0 Å². The number of nitrogens with zero attached hydrogens (tertiary/aromatic N) is 1. The molecule has 4 heteroatoms. The summed E-state index contributed by atoms with van der Waals surface area (Å²) in [4.78, 5) is 13.1. The van der Waals surface area contributed by atoms with Gasteiger partial charge in [-0.3, -0.25) is 4.79 Å². The molecule has 0 aliphatic rings. The van der Waals surface area contributed by atoms with E-state index in [0.29, 0.717) is 21.9 Å². The maximum atomic E-state index is 13.1. The van der Waals surface area contributed by atoms with E-state index < -0.39 is 0 Å². The summed E-state index contributed by atoms with van der Waals surface area (Å²) in [5.74, 6) is 0. The van der Waals surface area contributed by atoms with Crippen LogP contribution >= 0.6 is 11.3 Å². The lowest BCUT2D eigenvalue weighted by molar-refractivity contribution is 0.660. The Balaban J connectivity index is 0.973. The van der Waals surface area contributed by atoms with Crippen LogP contribution in [0.3, 0.4) is 0 Å². The van der Waals surface area contributed by atoms with E-state index in [-0.39, 0.29) is 5.43 Å². The molecule has 0 unspecified atom stereocenters. The molecule has 0 N–H and O–H groups in total. The van der Waals surface area contributed by atoms with Gasteiger partial charge in [-0.2, -0.15) is 0 Å². The Morgan fingerprint density at radius 2 is 1.04 bits per heavy atom. The Morgan fingerprint density at radius 3 is 1.92 bits per heavy atom. The molecular weight excluding hydrogens is 667 g/mol. The van der Waals surface area contributed by atoms with Gasteiger partial charge in [-0.15, -0.1) is 11.3 Å². The number of rotatable bonds is 3. The summed E-state index contributed by atoms with van der Waals surface area (Å²) in [6.07, 6.45) is 0. The minimum Gasteiger partial charge on any atom is -0.456 e. The third kappa shape index (κ3) is 4.07. The molecule has 53 heavy (non-hydrogen) atoms. The minimum atomic E-state index is -0.000647. The number of hydrogen-bond donors (Lipinski definition) is 0. The molecule has 0 bridgehead atoms. The van der Waals surface area contributed by atoms with Crippen LogP contribution in [0.5, 0.6) is 0 Å². The van der Waals surface area contributed by atoms with Crippen molar-refractivity contribution in [3.05, 3.63) is 174 Å². The predicted molar refractivity (Wildman–Crippen MR) is 224 cm³/mol. The highest BCUT2D eigenvalue weighted by molar-refractivity contribution is 7.26. The van der Waals surface area contributed by atoms with E-state index in [9.17, 15) is 4.79 Å². The van der Waals surface area contributed by atoms with Crippen molar-refractivity contribution in [2.45, 2.75) is 0 Å². The second-order valence-electron chi connectivity index (χ2n) is 14.0. The third-order valence-electron chi connectivity index (χ3n) is 11.1. The quantitative estimate of drug-likeness (QED) is 0.173. The van der Waals surface area contributed by atoms with E-state index in [1.807, 2.05) is 53.8 Å². The lowest BCUT2D eigenvalue weighted by Gasteiger charge is -2.08. The maximum Gasteiger partial charge on any atom is 0.200 e. The SMILES string of the molecule is O=c1c2ccccc2oc2cc(-c3cccc(-c4ccc5sc6c(-c7ccc8c9cccc%10c%11ccccc%11n(c8c7)c%109)cccc6c5c4)c3)ccc12. The second kappa shape index (κ2) is 10.6. The van der Waals surface area contributed by atoms with E-state index in [1.165, 1.54) is 75.0 Å². The number of para-hydroxylation sites is 3. The molecule has 246 valence electrons. The first-order chi connectivity index (χ1) is 26.2. The Hall–Kier alpha value is -6.75. The molecule has 4 heterocycles. The summed E-state index contributed by atoms with van der Waals surface area (Å²) in [6, 6.07) is 57.9. The largest absolute Gasteiger partial charge is 0.456 e. The average molecular weight is 694 g/mol. The van der Waals surface area contributed by atoms with Gasteiger partial charge >= 0.3 is 0 Å². The van der Waals surface area contributed by atoms with Crippen LogP contribution in [0.1, 0.15) is 0 Å². The summed E-state index contributed by atoms with van der Waals surface area (Å²) < 4.78 is 11.2. The average Bonchev–Trinajstić information content (AvgIpc) is 3.87. The molecule has 0 aliphatic heterocycles. The predicted octanol–water partition coefficient (Wildman–Crippen LogP) is 13.5. The lowest BCUT2D eigenvalue weighted by atomic mass is 9.96. The zero-order valence-electron chi connectivity index (χ0n) is 28.3. The molecule has 0 amide bonds. The second-order valence-corrected chi connectivity index (χ2v) is 15.1. The van der Waals surface area contributed by atoms with Crippen LogP contribution in [0.15, 0.2) is 173 Å². The van der Waals surface area contributed by atoms with Gasteiger partial charge in [-0.25, -0.2) is 0 Å². The van der Waals surface area contributed by atoms with E-state index in [1.54, 1.807) is 0 Å². The van der Waals surface area contributed by atoms with E-state index in [4.69, 9.17) is 4.42 Å². The normalized spacial score (nSPS) is 12.2. The van der Waals surface area contributed by atoms with Crippen LogP contribution in [0, 0.1) is 0 Å². The zero-order chi connectivity index (χ0) is 34.8. The number of hydrogen-bond acceptors (Lipinski definition) is 3. The molecule has 12 rings (SSSR count). The Kier molecular flexibility index (Phi) is 5.80. The van der Waals surface area contributed by atoms with Gasteiger partial charge < -0.3 is 8.82 Å². The van der Waals surface area contributed by atoms with Gasteiger partial charge in [0.1, 0.15) is 11.2 Å². The lowest BCUT2D eigenvalue weighted by Crippen LogP contribution is -2.01. The number of aromatic nitrogens is 1. The third-order valence-corrected chi connectivity index (χ3v) is 12.4. The van der Waals surface area contributed by atoms with Gasteiger partial charge in [0.2, 0.25) is 5.43 Å². The zero-order valence-corrected chi connectivity index (χ0v) is 29.1. The Morgan fingerprint density at radius 1 is 0.415 bits per heavy atom. The van der Waals surface area contributed by atoms with Gasteiger partial charge in [-0.05, 0) is 88.0 Å². The smallest absolute Gasteiger partial charge is 0.200 e. The molecular formula is C49H27NO2S. The van der Waals surface area contributed by atoms with Crippen LogP contribution in [-0.4, -0.2) is 4.40 Å². The van der Waals surface area contributed by atoms with Gasteiger partial charge in [0.05, 0.1) is 27.3 Å². The van der Waals surface area contributed by atoms with Crippen LogP contribution in [-0.2, 0) is 0 Å². The highest BCUT2D eigenvalue weighted by Crippen LogP contribution is 2.44. The van der Waals surface area contributed by atoms with Crippen molar-refractivity contribution in [2.75, 3.05) is 0 Å².